The zero-order chi connectivity index (χ0) is 6.41. The van der Waals surface area contributed by atoms with E-state index in [0.29, 0.717) is 5.88 Å². The average Bonchev–Trinajstić information content (AvgIpc) is 1.68. The highest BCUT2D eigenvalue weighted by molar-refractivity contribution is 6.89. The number of alkyl halides is 1. The first-order valence-corrected chi connectivity index (χ1v) is 5.79. The second kappa shape index (κ2) is 5.89. The third-order valence-electron chi connectivity index (χ3n) is 0.863. The summed E-state index contributed by atoms with van der Waals surface area (Å²) in [4.78, 5) is 0. The van der Waals surface area contributed by atoms with Gasteiger partial charge in [-0.2, -0.15) is 0 Å². The molecule has 0 saturated carbocycles. The first-order valence-electron chi connectivity index (χ1n) is 2.54. The van der Waals surface area contributed by atoms with Gasteiger partial charge in [-0.25, -0.2) is 0 Å². The standard InChI is InChI=1S/C4H10Cl2OSi/c1-4(2-3-5)7-8-6/h4H,2-3,8H2,1H3. The van der Waals surface area contributed by atoms with Gasteiger partial charge >= 0.3 is 0 Å². The molecule has 0 spiro atoms. The molecule has 0 aromatic heterocycles. The van der Waals surface area contributed by atoms with Crippen LogP contribution in [0.25, 0.3) is 0 Å². The Balaban J connectivity index is 2.92. The minimum Gasteiger partial charge on any atom is -0.405 e. The van der Waals surface area contributed by atoms with E-state index >= 15 is 0 Å². The molecule has 1 atom stereocenters. The van der Waals surface area contributed by atoms with E-state index in [0.717, 1.165) is 6.42 Å². The molecule has 4 heteroatoms. The molecule has 0 bridgehead atoms. The van der Waals surface area contributed by atoms with Crippen LogP contribution in [0.1, 0.15) is 13.3 Å². The monoisotopic (exact) mass is 172 g/mol. The van der Waals surface area contributed by atoms with E-state index in [1.807, 2.05) is 6.92 Å². The molecule has 0 fully saturated rings. The van der Waals surface area contributed by atoms with Gasteiger partial charge in [-0.1, -0.05) is 0 Å². The molecule has 1 unspecified atom stereocenters. The summed E-state index contributed by atoms with van der Waals surface area (Å²) < 4.78 is 5.10. The van der Waals surface area contributed by atoms with Crippen LogP contribution in [0.2, 0.25) is 0 Å². The SMILES string of the molecule is CC(CCCl)O[SiH2]Cl. The van der Waals surface area contributed by atoms with Gasteiger partial charge in [-0.3, -0.25) is 0 Å². The predicted octanol–water partition coefficient (Wildman–Crippen LogP) is 1.26. The fourth-order valence-electron chi connectivity index (χ4n) is 0.345. The molecular formula is C4H10Cl2OSi. The van der Waals surface area contributed by atoms with Crippen LogP contribution in [0.5, 0.6) is 0 Å². The largest absolute Gasteiger partial charge is 0.405 e. The Morgan fingerprint density at radius 2 is 2.38 bits per heavy atom. The van der Waals surface area contributed by atoms with Gasteiger partial charge in [-0.15, -0.1) is 22.7 Å². The third-order valence-corrected chi connectivity index (χ3v) is 2.15. The molecule has 0 saturated heterocycles. The summed E-state index contributed by atoms with van der Waals surface area (Å²) in [6.45, 7) is 1.98. The average molecular weight is 173 g/mol. The van der Waals surface area contributed by atoms with E-state index in [1.165, 1.54) is 0 Å². The summed E-state index contributed by atoms with van der Waals surface area (Å²) >= 11 is 10.8. The number of hydrogen-bond donors (Lipinski definition) is 0. The van der Waals surface area contributed by atoms with Crippen LogP contribution >= 0.6 is 22.7 Å². The van der Waals surface area contributed by atoms with Crippen molar-refractivity contribution >= 4 is 31.8 Å². The first kappa shape index (κ1) is 8.76. The van der Waals surface area contributed by atoms with Crippen LogP contribution in [-0.2, 0) is 4.43 Å². The highest BCUT2D eigenvalue weighted by Gasteiger charge is 1.97. The number of hydrogen-bond acceptors (Lipinski definition) is 1. The maximum Gasteiger partial charge on any atom is 0.258 e. The van der Waals surface area contributed by atoms with E-state index in [-0.39, 0.29) is 6.10 Å². The molecule has 0 aliphatic rings. The van der Waals surface area contributed by atoms with Crippen molar-refractivity contribution in [1.29, 1.82) is 0 Å². The predicted molar refractivity (Wildman–Crippen MR) is 40.3 cm³/mol. The molecule has 0 rings (SSSR count). The molecule has 0 N–H and O–H groups in total. The summed E-state index contributed by atoms with van der Waals surface area (Å²) in [5.74, 6) is 0.659. The van der Waals surface area contributed by atoms with E-state index in [2.05, 4.69) is 0 Å². The Morgan fingerprint density at radius 3 is 2.75 bits per heavy atom. The van der Waals surface area contributed by atoms with Gasteiger partial charge in [0, 0.05) is 12.0 Å². The number of rotatable bonds is 4. The minimum absolute atomic E-state index is 0.261. The Labute approximate surface area is 62.0 Å². The highest BCUT2D eigenvalue weighted by Crippen LogP contribution is 1.97. The molecule has 0 radical (unpaired) electrons. The second-order valence-corrected chi connectivity index (χ2v) is 3.15. The van der Waals surface area contributed by atoms with Gasteiger partial charge in [0.1, 0.15) is 0 Å². The van der Waals surface area contributed by atoms with E-state index in [4.69, 9.17) is 27.1 Å². The van der Waals surface area contributed by atoms with E-state index < -0.39 is 9.07 Å². The van der Waals surface area contributed by atoms with Gasteiger partial charge in [0.25, 0.3) is 9.07 Å². The molecule has 50 valence electrons. The lowest BCUT2D eigenvalue weighted by Gasteiger charge is -2.06. The summed E-state index contributed by atoms with van der Waals surface area (Å²) in [5, 5.41) is 0. The highest BCUT2D eigenvalue weighted by atomic mass is 35.6. The summed E-state index contributed by atoms with van der Waals surface area (Å²) in [5.41, 5.74) is 0. The molecule has 0 aromatic carbocycles. The van der Waals surface area contributed by atoms with Gasteiger partial charge in [-0.05, 0) is 13.3 Å². The van der Waals surface area contributed by atoms with Crippen molar-refractivity contribution in [2.75, 3.05) is 5.88 Å². The topological polar surface area (TPSA) is 9.23 Å². The maximum absolute atomic E-state index is 5.42. The summed E-state index contributed by atoms with van der Waals surface area (Å²) in [7, 11) is -0.740. The number of halogens is 2. The quantitative estimate of drug-likeness (QED) is 0.353. The molecule has 0 aliphatic carbocycles. The van der Waals surface area contributed by atoms with Gasteiger partial charge in [0.2, 0.25) is 0 Å². The van der Waals surface area contributed by atoms with Crippen molar-refractivity contribution in [1.82, 2.24) is 0 Å². The zero-order valence-electron chi connectivity index (χ0n) is 4.86. The van der Waals surface area contributed by atoms with Crippen molar-refractivity contribution in [3.63, 3.8) is 0 Å². The van der Waals surface area contributed by atoms with Gasteiger partial charge in [0.15, 0.2) is 0 Å². The van der Waals surface area contributed by atoms with Gasteiger partial charge < -0.3 is 4.43 Å². The smallest absolute Gasteiger partial charge is 0.258 e. The Bertz CT molecular complexity index is 47.3. The Kier molecular flexibility index (Phi) is 6.44. The zero-order valence-corrected chi connectivity index (χ0v) is 7.79. The Hall–Kier alpha value is 0.757. The van der Waals surface area contributed by atoms with Crippen molar-refractivity contribution in [3.8, 4) is 0 Å². The van der Waals surface area contributed by atoms with Crippen LogP contribution < -0.4 is 0 Å². The molecule has 8 heavy (non-hydrogen) atoms. The van der Waals surface area contributed by atoms with E-state index in [1.54, 1.807) is 0 Å². The summed E-state index contributed by atoms with van der Waals surface area (Å²) in [6, 6.07) is 0. The van der Waals surface area contributed by atoms with Crippen molar-refractivity contribution in [2.45, 2.75) is 19.4 Å². The third kappa shape index (κ3) is 4.90. The molecule has 0 aliphatic heterocycles. The van der Waals surface area contributed by atoms with Crippen molar-refractivity contribution in [2.24, 2.45) is 0 Å². The molecule has 1 nitrogen and oxygen atoms in total. The summed E-state index contributed by atoms with van der Waals surface area (Å²) in [6.07, 6.45) is 1.16. The minimum atomic E-state index is -0.740. The fraction of sp³-hybridized carbons (Fsp3) is 1.00. The normalized spacial score (nSPS) is 15.4. The van der Waals surface area contributed by atoms with Crippen LogP contribution in [0.15, 0.2) is 0 Å². The lowest BCUT2D eigenvalue weighted by molar-refractivity contribution is 0.237. The molecule has 0 aromatic rings. The first-order chi connectivity index (χ1) is 3.81. The van der Waals surface area contributed by atoms with Crippen molar-refractivity contribution < 1.29 is 4.43 Å². The maximum atomic E-state index is 5.42. The molecule has 0 heterocycles. The van der Waals surface area contributed by atoms with E-state index in [9.17, 15) is 0 Å². The van der Waals surface area contributed by atoms with Crippen LogP contribution in [0.3, 0.4) is 0 Å². The van der Waals surface area contributed by atoms with Crippen LogP contribution in [0, 0.1) is 0 Å². The van der Waals surface area contributed by atoms with Crippen LogP contribution in [0.4, 0.5) is 0 Å². The molecular weight excluding hydrogens is 163 g/mol. The molecule has 0 amide bonds. The fourth-order valence-corrected chi connectivity index (χ4v) is 1.68. The lowest BCUT2D eigenvalue weighted by atomic mass is 10.3. The Morgan fingerprint density at radius 1 is 1.75 bits per heavy atom. The second-order valence-electron chi connectivity index (χ2n) is 1.56. The lowest BCUT2D eigenvalue weighted by Crippen LogP contribution is -2.08. The van der Waals surface area contributed by atoms with Crippen LogP contribution in [-0.4, -0.2) is 21.1 Å². The van der Waals surface area contributed by atoms with Gasteiger partial charge in [0.05, 0.1) is 0 Å². The van der Waals surface area contributed by atoms with Crippen molar-refractivity contribution in [3.05, 3.63) is 0 Å².